The molecule has 54 valence electrons. The lowest BCUT2D eigenvalue weighted by molar-refractivity contribution is -0.117. The van der Waals surface area contributed by atoms with Gasteiger partial charge in [-0.1, -0.05) is 0 Å². The number of carbonyl (C=O) groups is 1. The molecule has 0 atom stereocenters. The molecule has 0 heterocycles. The number of aliphatic hydroxyl groups is 1. The number of ketones is 1. The van der Waals surface area contributed by atoms with Crippen LogP contribution in [0.25, 0.3) is 0 Å². The van der Waals surface area contributed by atoms with Crippen LogP contribution in [-0.2, 0) is 9.53 Å². The van der Waals surface area contributed by atoms with Gasteiger partial charge < -0.3 is 9.84 Å². The van der Waals surface area contributed by atoms with Gasteiger partial charge in [0.1, 0.15) is 0 Å². The van der Waals surface area contributed by atoms with Gasteiger partial charge in [-0.3, -0.25) is 4.79 Å². The highest BCUT2D eigenvalue weighted by molar-refractivity contribution is 6.00. The maximum atomic E-state index is 10.5. The van der Waals surface area contributed by atoms with Crippen LogP contribution in [0.1, 0.15) is 0 Å². The molecule has 3 nitrogen and oxygen atoms in total. The lowest BCUT2D eigenvalue weighted by atomic mass is 10.1. The molecule has 1 aliphatic rings. The van der Waals surface area contributed by atoms with E-state index in [2.05, 4.69) is 4.74 Å². The van der Waals surface area contributed by atoms with Gasteiger partial charge in [0.2, 0.25) is 5.79 Å². The Bertz CT molecular complexity index is 187. The first-order valence-corrected chi connectivity index (χ1v) is 2.86. The molecular weight excluding hydrogens is 132 g/mol. The quantitative estimate of drug-likeness (QED) is 0.522. The van der Waals surface area contributed by atoms with Crippen molar-refractivity contribution in [2.75, 3.05) is 7.11 Å². The molecule has 0 saturated heterocycles. The fourth-order valence-electron chi connectivity index (χ4n) is 0.650. The molecule has 1 N–H and O–H groups in total. The van der Waals surface area contributed by atoms with E-state index in [1.165, 1.54) is 31.4 Å². The van der Waals surface area contributed by atoms with Crippen LogP contribution in [0.4, 0.5) is 0 Å². The van der Waals surface area contributed by atoms with Crippen molar-refractivity contribution in [3.63, 3.8) is 0 Å². The molecule has 0 aromatic carbocycles. The maximum Gasteiger partial charge on any atom is 0.206 e. The summed E-state index contributed by atoms with van der Waals surface area (Å²) in [6.45, 7) is 0. The van der Waals surface area contributed by atoms with Crippen LogP contribution in [0.3, 0.4) is 0 Å². The topological polar surface area (TPSA) is 46.5 Å². The Morgan fingerprint density at radius 3 is 2.40 bits per heavy atom. The number of hydrogen-bond acceptors (Lipinski definition) is 3. The zero-order valence-corrected chi connectivity index (χ0v) is 5.57. The molecule has 0 saturated carbocycles. The normalized spacial score (nSPS) is 21.6. The monoisotopic (exact) mass is 140 g/mol. The third kappa shape index (κ3) is 1.32. The van der Waals surface area contributed by atoms with Gasteiger partial charge in [0, 0.05) is 7.11 Å². The summed E-state index contributed by atoms with van der Waals surface area (Å²) in [5.41, 5.74) is 0. The van der Waals surface area contributed by atoms with Crippen molar-refractivity contribution in [1.82, 2.24) is 0 Å². The van der Waals surface area contributed by atoms with Gasteiger partial charge in [0.05, 0.1) is 0 Å². The fourth-order valence-corrected chi connectivity index (χ4v) is 0.650. The van der Waals surface area contributed by atoms with Crippen molar-refractivity contribution in [3.8, 4) is 0 Å². The highest BCUT2D eigenvalue weighted by Gasteiger charge is 2.21. The summed E-state index contributed by atoms with van der Waals surface area (Å²) in [5, 5.41) is 9.25. The largest absolute Gasteiger partial charge is 0.359 e. The average molecular weight is 140 g/mol. The third-order valence-electron chi connectivity index (χ3n) is 1.30. The molecule has 0 fully saturated rings. The van der Waals surface area contributed by atoms with E-state index in [1.807, 2.05) is 0 Å². The van der Waals surface area contributed by atoms with E-state index in [-0.39, 0.29) is 5.78 Å². The Balaban J connectivity index is 2.78. The third-order valence-corrected chi connectivity index (χ3v) is 1.30. The number of hydrogen-bond donors (Lipinski definition) is 1. The summed E-state index contributed by atoms with van der Waals surface area (Å²) in [4.78, 5) is 10.5. The van der Waals surface area contributed by atoms with Crippen LogP contribution >= 0.6 is 0 Å². The van der Waals surface area contributed by atoms with Gasteiger partial charge in [-0.15, -0.1) is 0 Å². The number of methoxy groups -OCH3 is 1. The minimum atomic E-state index is -1.38. The second-order valence-corrected chi connectivity index (χ2v) is 2.03. The van der Waals surface area contributed by atoms with Crippen molar-refractivity contribution >= 4 is 5.78 Å². The SMILES string of the molecule is COC1(O)C=CC(=O)C=C1. The first-order valence-electron chi connectivity index (χ1n) is 2.86. The number of allylic oxidation sites excluding steroid dienone is 2. The van der Waals surface area contributed by atoms with Gasteiger partial charge in [-0.05, 0) is 24.3 Å². The molecule has 1 aliphatic carbocycles. The van der Waals surface area contributed by atoms with Crippen molar-refractivity contribution < 1.29 is 14.6 Å². The molecule has 0 bridgehead atoms. The van der Waals surface area contributed by atoms with Gasteiger partial charge in [0.25, 0.3) is 0 Å². The van der Waals surface area contributed by atoms with Gasteiger partial charge in [-0.2, -0.15) is 0 Å². The predicted molar refractivity (Wildman–Crippen MR) is 35.2 cm³/mol. The van der Waals surface area contributed by atoms with Crippen LogP contribution < -0.4 is 0 Å². The minimum absolute atomic E-state index is 0.137. The zero-order valence-electron chi connectivity index (χ0n) is 5.57. The first kappa shape index (κ1) is 7.18. The molecular formula is C7H8O3. The van der Waals surface area contributed by atoms with E-state index < -0.39 is 5.79 Å². The Morgan fingerprint density at radius 2 is 2.00 bits per heavy atom. The van der Waals surface area contributed by atoms with Crippen molar-refractivity contribution in [1.29, 1.82) is 0 Å². The predicted octanol–water partition coefficient (Wildman–Crippen LogP) is 0.0165. The summed E-state index contributed by atoms with van der Waals surface area (Å²) >= 11 is 0. The highest BCUT2D eigenvalue weighted by Crippen LogP contribution is 2.13. The van der Waals surface area contributed by atoms with Crippen molar-refractivity contribution in [2.45, 2.75) is 5.79 Å². The van der Waals surface area contributed by atoms with Crippen molar-refractivity contribution in [2.24, 2.45) is 0 Å². The van der Waals surface area contributed by atoms with E-state index in [9.17, 15) is 9.90 Å². The summed E-state index contributed by atoms with van der Waals surface area (Å²) < 4.78 is 4.66. The molecule has 0 aromatic rings. The summed E-state index contributed by atoms with van der Waals surface area (Å²) in [6.07, 6.45) is 5.14. The summed E-state index contributed by atoms with van der Waals surface area (Å²) in [7, 11) is 1.37. The lowest BCUT2D eigenvalue weighted by Crippen LogP contribution is -2.27. The van der Waals surface area contributed by atoms with Gasteiger partial charge >= 0.3 is 0 Å². The van der Waals surface area contributed by atoms with Crippen molar-refractivity contribution in [3.05, 3.63) is 24.3 Å². The fraction of sp³-hybridized carbons (Fsp3) is 0.286. The van der Waals surface area contributed by atoms with E-state index in [1.54, 1.807) is 0 Å². The first-order chi connectivity index (χ1) is 4.66. The Kier molecular flexibility index (Phi) is 1.70. The molecule has 3 heteroatoms. The van der Waals surface area contributed by atoms with E-state index >= 15 is 0 Å². The van der Waals surface area contributed by atoms with Gasteiger partial charge in [0.15, 0.2) is 5.78 Å². The zero-order chi connectivity index (χ0) is 7.61. The summed E-state index contributed by atoms with van der Waals surface area (Å²) in [5.74, 6) is -1.52. The standard InChI is InChI=1S/C7H8O3/c1-10-7(9)4-2-6(8)3-5-7/h2-5,9H,1H3. The number of rotatable bonds is 1. The smallest absolute Gasteiger partial charge is 0.206 e. The summed E-state index contributed by atoms with van der Waals surface area (Å²) in [6, 6.07) is 0. The van der Waals surface area contributed by atoms with Crippen LogP contribution in [0.5, 0.6) is 0 Å². The number of ether oxygens (including phenoxy) is 1. The second-order valence-electron chi connectivity index (χ2n) is 2.03. The lowest BCUT2D eigenvalue weighted by Gasteiger charge is -2.19. The van der Waals surface area contributed by atoms with E-state index in [4.69, 9.17) is 0 Å². The molecule has 0 aromatic heterocycles. The second kappa shape index (κ2) is 2.36. The van der Waals surface area contributed by atoms with E-state index in [0.717, 1.165) is 0 Å². The Labute approximate surface area is 58.6 Å². The molecule has 0 aliphatic heterocycles. The molecule has 0 spiro atoms. The molecule has 1 rings (SSSR count). The van der Waals surface area contributed by atoms with E-state index in [0.29, 0.717) is 0 Å². The highest BCUT2D eigenvalue weighted by atomic mass is 16.6. The molecule has 0 unspecified atom stereocenters. The van der Waals surface area contributed by atoms with Crippen LogP contribution in [0.2, 0.25) is 0 Å². The number of carbonyl (C=O) groups excluding carboxylic acids is 1. The Morgan fingerprint density at radius 1 is 1.50 bits per heavy atom. The molecule has 0 radical (unpaired) electrons. The maximum absolute atomic E-state index is 10.5. The van der Waals surface area contributed by atoms with Crippen LogP contribution in [-0.4, -0.2) is 23.8 Å². The Hall–Kier alpha value is -0.930. The van der Waals surface area contributed by atoms with Crippen LogP contribution in [0.15, 0.2) is 24.3 Å². The van der Waals surface area contributed by atoms with Gasteiger partial charge in [-0.25, -0.2) is 0 Å². The van der Waals surface area contributed by atoms with Crippen LogP contribution in [0, 0.1) is 0 Å². The average Bonchev–Trinajstić information content (AvgIpc) is 1.96. The molecule has 10 heavy (non-hydrogen) atoms. The minimum Gasteiger partial charge on any atom is -0.359 e. The molecule has 0 amide bonds.